The van der Waals surface area contributed by atoms with Gasteiger partial charge in [-0.15, -0.1) is 11.8 Å². The van der Waals surface area contributed by atoms with E-state index in [1.165, 1.54) is 4.90 Å². The van der Waals surface area contributed by atoms with Gasteiger partial charge in [0.1, 0.15) is 5.78 Å². The predicted octanol–water partition coefficient (Wildman–Crippen LogP) is 3.76. The Bertz CT molecular complexity index is 564. The fourth-order valence-electron chi connectivity index (χ4n) is 1.85. The van der Waals surface area contributed by atoms with Crippen LogP contribution in [0.3, 0.4) is 0 Å². The smallest absolute Gasteiger partial charge is 0.234 e. The van der Waals surface area contributed by atoms with Gasteiger partial charge in [0.25, 0.3) is 0 Å². The van der Waals surface area contributed by atoms with E-state index in [2.05, 4.69) is 17.1 Å². The van der Waals surface area contributed by atoms with Crippen LogP contribution in [-0.4, -0.2) is 21.7 Å². The molecule has 0 fully saturated rings. The Morgan fingerprint density at radius 3 is 2.65 bits per heavy atom. The molecule has 0 aliphatic carbocycles. The molecule has 0 N–H and O–H groups in total. The van der Waals surface area contributed by atoms with Crippen LogP contribution in [0.15, 0.2) is 33.7 Å². The summed E-state index contributed by atoms with van der Waals surface area (Å²) in [5.74, 6) is 2.12. The Morgan fingerprint density at radius 1 is 1.25 bits per heavy atom. The lowest BCUT2D eigenvalue weighted by molar-refractivity contribution is -0.118. The third-order valence-corrected chi connectivity index (χ3v) is 3.66. The summed E-state index contributed by atoms with van der Waals surface area (Å²) < 4.78 is 5.13. The minimum atomic E-state index is 0.136. The van der Waals surface area contributed by atoms with Crippen molar-refractivity contribution in [2.75, 3.05) is 5.75 Å². The molecule has 5 heteroatoms. The third kappa shape index (κ3) is 3.93. The summed E-state index contributed by atoms with van der Waals surface area (Å²) in [5, 5.41) is 3.93. The van der Waals surface area contributed by atoms with Gasteiger partial charge in [-0.25, -0.2) is 0 Å². The number of aromatic nitrogens is 2. The third-order valence-electron chi connectivity index (χ3n) is 2.77. The lowest BCUT2D eigenvalue weighted by atomic mass is 10.2. The summed E-state index contributed by atoms with van der Waals surface area (Å²) in [6, 6.07) is 8.03. The van der Waals surface area contributed by atoms with Crippen molar-refractivity contribution in [2.24, 2.45) is 0 Å². The Morgan fingerprint density at radius 2 is 2.00 bits per heavy atom. The van der Waals surface area contributed by atoms with Gasteiger partial charge in [-0.1, -0.05) is 19.0 Å². The molecule has 0 aliphatic rings. The van der Waals surface area contributed by atoms with E-state index < -0.39 is 0 Å². The minimum absolute atomic E-state index is 0.136. The number of thioether (sulfide) groups is 1. The van der Waals surface area contributed by atoms with Gasteiger partial charge < -0.3 is 4.52 Å². The van der Waals surface area contributed by atoms with Crippen LogP contribution in [0.2, 0.25) is 0 Å². The predicted molar refractivity (Wildman–Crippen MR) is 79.8 cm³/mol. The van der Waals surface area contributed by atoms with E-state index in [0.29, 0.717) is 18.1 Å². The van der Waals surface area contributed by atoms with Crippen molar-refractivity contribution < 1.29 is 9.32 Å². The number of ketones is 1. The van der Waals surface area contributed by atoms with Gasteiger partial charge in [0.15, 0.2) is 0 Å². The number of hydrogen-bond donors (Lipinski definition) is 0. The average molecular weight is 290 g/mol. The fraction of sp³-hybridized carbons (Fsp3) is 0.400. The minimum Gasteiger partial charge on any atom is -0.339 e. The number of carbonyl (C=O) groups is 1. The summed E-state index contributed by atoms with van der Waals surface area (Å²) in [7, 11) is 0. The lowest BCUT2D eigenvalue weighted by Gasteiger charge is -1.98. The first-order valence-corrected chi connectivity index (χ1v) is 7.79. The van der Waals surface area contributed by atoms with Crippen molar-refractivity contribution in [1.82, 2.24) is 10.1 Å². The van der Waals surface area contributed by atoms with Gasteiger partial charge in [-0.05, 0) is 36.4 Å². The first kappa shape index (κ1) is 14.8. The van der Waals surface area contributed by atoms with E-state index in [1.54, 1.807) is 11.8 Å². The van der Waals surface area contributed by atoms with Crippen molar-refractivity contribution in [3.63, 3.8) is 0 Å². The molecule has 4 nitrogen and oxygen atoms in total. The normalized spacial score (nSPS) is 10.7. The van der Waals surface area contributed by atoms with E-state index in [0.717, 1.165) is 17.7 Å². The van der Waals surface area contributed by atoms with Crippen LogP contribution < -0.4 is 0 Å². The monoisotopic (exact) mass is 290 g/mol. The molecule has 0 saturated heterocycles. The molecule has 20 heavy (non-hydrogen) atoms. The molecular weight excluding hydrogens is 272 g/mol. The number of hydrogen-bond acceptors (Lipinski definition) is 5. The van der Waals surface area contributed by atoms with Gasteiger partial charge >= 0.3 is 0 Å². The highest BCUT2D eigenvalue weighted by Gasteiger charge is 2.12. The van der Waals surface area contributed by atoms with Crippen LogP contribution in [0.4, 0.5) is 0 Å². The van der Waals surface area contributed by atoms with Crippen LogP contribution in [0, 0.1) is 0 Å². The second-order valence-corrected chi connectivity index (χ2v) is 5.77. The molecule has 1 heterocycles. The molecule has 0 unspecified atom stereocenters. The summed E-state index contributed by atoms with van der Waals surface area (Å²) in [6.45, 7) is 4.10. The maximum absolute atomic E-state index is 11.5. The maximum atomic E-state index is 11.5. The first-order valence-electron chi connectivity index (χ1n) is 6.80. The van der Waals surface area contributed by atoms with Gasteiger partial charge in [0.05, 0.1) is 6.42 Å². The topological polar surface area (TPSA) is 56.0 Å². The molecule has 0 saturated carbocycles. The second-order valence-electron chi connectivity index (χ2n) is 4.43. The van der Waals surface area contributed by atoms with Gasteiger partial charge in [-0.3, -0.25) is 4.79 Å². The van der Waals surface area contributed by atoms with Crippen LogP contribution >= 0.6 is 11.8 Å². The average Bonchev–Trinajstić information content (AvgIpc) is 2.88. The van der Waals surface area contributed by atoms with Crippen LogP contribution in [-0.2, 0) is 11.2 Å². The molecule has 1 aromatic carbocycles. The number of Topliss-reactive ketones (excluding diaryl/α,β-unsaturated/α-hetero) is 1. The van der Waals surface area contributed by atoms with Crippen molar-refractivity contribution in [3.8, 4) is 11.4 Å². The fourth-order valence-corrected chi connectivity index (χ4v) is 2.51. The first-order chi connectivity index (χ1) is 9.72. The van der Waals surface area contributed by atoms with Crippen LogP contribution in [0.25, 0.3) is 11.4 Å². The van der Waals surface area contributed by atoms with Crippen LogP contribution in [0.1, 0.15) is 32.6 Å². The molecule has 0 spiro atoms. The second kappa shape index (κ2) is 7.24. The molecule has 0 bridgehead atoms. The molecule has 0 atom stereocenters. The maximum Gasteiger partial charge on any atom is 0.234 e. The summed E-state index contributed by atoms with van der Waals surface area (Å²) >= 11 is 1.79. The van der Waals surface area contributed by atoms with Gasteiger partial charge in [-0.2, -0.15) is 4.98 Å². The van der Waals surface area contributed by atoms with Gasteiger partial charge in [0.2, 0.25) is 11.7 Å². The van der Waals surface area contributed by atoms with Crippen molar-refractivity contribution in [2.45, 2.75) is 38.0 Å². The Labute approximate surface area is 123 Å². The van der Waals surface area contributed by atoms with E-state index in [4.69, 9.17) is 4.52 Å². The summed E-state index contributed by atoms with van der Waals surface area (Å²) in [6.07, 6.45) is 1.63. The Hall–Kier alpha value is -1.62. The molecule has 2 aromatic rings. The van der Waals surface area contributed by atoms with Crippen molar-refractivity contribution >= 4 is 17.5 Å². The molecular formula is C15H18N2O2S. The highest BCUT2D eigenvalue weighted by atomic mass is 32.2. The van der Waals surface area contributed by atoms with E-state index in [-0.39, 0.29) is 12.2 Å². The van der Waals surface area contributed by atoms with E-state index in [1.807, 2.05) is 31.2 Å². The SMILES string of the molecule is CCCC(=O)Cc1nc(-c2ccc(SCC)cc2)no1. The molecule has 0 aliphatic heterocycles. The zero-order valence-corrected chi connectivity index (χ0v) is 12.6. The standard InChI is InChI=1S/C15H18N2O2S/c1-3-5-12(18)10-14-16-15(17-19-14)11-6-8-13(9-7-11)20-4-2/h6-9H,3-5,10H2,1-2H3. The highest BCUT2D eigenvalue weighted by Crippen LogP contribution is 2.22. The molecule has 2 rings (SSSR count). The van der Waals surface area contributed by atoms with E-state index >= 15 is 0 Å². The Kier molecular flexibility index (Phi) is 5.35. The summed E-state index contributed by atoms with van der Waals surface area (Å²) in [4.78, 5) is 17.0. The molecule has 0 radical (unpaired) electrons. The molecule has 1 aromatic heterocycles. The van der Waals surface area contributed by atoms with E-state index in [9.17, 15) is 4.79 Å². The number of benzene rings is 1. The van der Waals surface area contributed by atoms with Crippen LogP contribution in [0.5, 0.6) is 0 Å². The quantitative estimate of drug-likeness (QED) is 0.727. The van der Waals surface area contributed by atoms with Gasteiger partial charge in [0, 0.05) is 16.9 Å². The summed E-state index contributed by atoms with van der Waals surface area (Å²) in [5.41, 5.74) is 0.906. The molecule has 106 valence electrons. The largest absolute Gasteiger partial charge is 0.339 e. The number of carbonyl (C=O) groups excluding carboxylic acids is 1. The number of nitrogens with zero attached hydrogens (tertiary/aromatic N) is 2. The zero-order valence-electron chi connectivity index (χ0n) is 11.8. The van der Waals surface area contributed by atoms with Crippen molar-refractivity contribution in [1.29, 1.82) is 0 Å². The zero-order chi connectivity index (χ0) is 14.4. The molecule has 0 amide bonds. The number of rotatable bonds is 7. The highest BCUT2D eigenvalue weighted by molar-refractivity contribution is 7.99. The lowest BCUT2D eigenvalue weighted by Crippen LogP contribution is -2.01. The Balaban J connectivity index is 2.06. The van der Waals surface area contributed by atoms with Crippen molar-refractivity contribution in [3.05, 3.63) is 30.2 Å².